The first kappa shape index (κ1) is 12.4. The molecular weight excluding hydrogens is 258 g/mol. The molecule has 1 aromatic carbocycles. The fraction of sp³-hybridized carbons (Fsp3) is 0.214. The van der Waals surface area contributed by atoms with Crippen molar-refractivity contribution in [2.45, 2.75) is 0 Å². The molecule has 6 heteroatoms. The highest BCUT2D eigenvalue weighted by molar-refractivity contribution is 5.95. The van der Waals surface area contributed by atoms with E-state index in [9.17, 15) is 9.59 Å². The van der Waals surface area contributed by atoms with E-state index in [1.807, 2.05) is 24.4 Å². The summed E-state index contributed by atoms with van der Waals surface area (Å²) in [5.41, 5.74) is 1.43. The van der Waals surface area contributed by atoms with Gasteiger partial charge in [0.25, 0.3) is 5.91 Å². The van der Waals surface area contributed by atoms with Crippen molar-refractivity contribution in [3.8, 4) is 5.69 Å². The van der Waals surface area contributed by atoms with E-state index in [0.717, 1.165) is 5.69 Å². The van der Waals surface area contributed by atoms with E-state index in [1.54, 1.807) is 27.9 Å². The number of aliphatic carboxylic acids is 1. The Hall–Kier alpha value is -2.63. The van der Waals surface area contributed by atoms with Crippen LogP contribution in [0.15, 0.2) is 42.7 Å². The largest absolute Gasteiger partial charge is 0.481 e. The third-order valence-electron chi connectivity index (χ3n) is 3.40. The summed E-state index contributed by atoms with van der Waals surface area (Å²) in [6.07, 6.45) is 3.51. The van der Waals surface area contributed by atoms with E-state index in [1.165, 1.54) is 0 Å². The summed E-state index contributed by atoms with van der Waals surface area (Å²) in [4.78, 5) is 24.4. The highest BCUT2D eigenvalue weighted by Crippen LogP contribution is 2.19. The lowest BCUT2D eigenvalue weighted by molar-refractivity contribution is -0.146. The van der Waals surface area contributed by atoms with Crippen molar-refractivity contribution in [3.63, 3.8) is 0 Å². The molecule has 1 aromatic heterocycles. The summed E-state index contributed by atoms with van der Waals surface area (Å²) in [6.45, 7) is 0.574. The maximum atomic E-state index is 12.1. The molecular formula is C14H13N3O3. The second kappa shape index (κ2) is 4.80. The Morgan fingerprint density at radius 3 is 2.45 bits per heavy atom. The Labute approximate surface area is 115 Å². The van der Waals surface area contributed by atoms with Crippen molar-refractivity contribution >= 4 is 11.9 Å². The summed E-state index contributed by atoms with van der Waals surface area (Å²) in [6, 6.07) is 8.91. The normalized spacial score (nSPS) is 14.9. The van der Waals surface area contributed by atoms with Crippen LogP contribution in [0, 0.1) is 5.92 Å². The smallest absolute Gasteiger partial charge is 0.310 e. The van der Waals surface area contributed by atoms with Crippen LogP contribution < -0.4 is 0 Å². The highest BCUT2D eigenvalue weighted by atomic mass is 16.4. The number of carboxylic acids is 1. The molecule has 0 aliphatic carbocycles. The topological polar surface area (TPSA) is 75.4 Å². The van der Waals surface area contributed by atoms with E-state index in [-0.39, 0.29) is 19.0 Å². The number of benzene rings is 1. The van der Waals surface area contributed by atoms with Crippen molar-refractivity contribution in [3.05, 3.63) is 48.3 Å². The van der Waals surface area contributed by atoms with Crippen LogP contribution in [0.2, 0.25) is 0 Å². The van der Waals surface area contributed by atoms with E-state index in [2.05, 4.69) is 5.10 Å². The molecule has 1 aliphatic rings. The third kappa shape index (κ3) is 2.16. The lowest BCUT2D eigenvalue weighted by Gasteiger charge is -2.36. The number of carbonyl (C=O) groups is 2. The SMILES string of the molecule is O=C(O)C1CN(C(=O)c2ccc(-n3cccn3)cc2)C1. The number of amides is 1. The number of likely N-dealkylation sites (tertiary alicyclic amines) is 1. The zero-order valence-corrected chi connectivity index (χ0v) is 10.6. The predicted octanol–water partition coefficient (Wildman–Crippen LogP) is 1.03. The number of aromatic nitrogens is 2. The second-order valence-corrected chi connectivity index (χ2v) is 4.74. The minimum atomic E-state index is -0.844. The van der Waals surface area contributed by atoms with Crippen LogP contribution in [0.3, 0.4) is 0 Å². The van der Waals surface area contributed by atoms with Crippen LogP contribution in [0.4, 0.5) is 0 Å². The van der Waals surface area contributed by atoms with Gasteiger partial charge in [0.05, 0.1) is 11.6 Å². The van der Waals surface area contributed by atoms with Gasteiger partial charge < -0.3 is 10.0 Å². The van der Waals surface area contributed by atoms with E-state index in [4.69, 9.17) is 5.11 Å². The number of nitrogens with zero attached hydrogens (tertiary/aromatic N) is 3. The lowest BCUT2D eigenvalue weighted by atomic mass is 9.99. The standard InChI is InChI=1S/C14H13N3O3/c18-13(16-8-11(9-16)14(19)20)10-2-4-12(5-3-10)17-7-1-6-15-17/h1-7,11H,8-9H2,(H,19,20). The van der Waals surface area contributed by atoms with Gasteiger partial charge in [-0.15, -0.1) is 0 Å². The molecule has 20 heavy (non-hydrogen) atoms. The molecule has 2 heterocycles. The van der Waals surface area contributed by atoms with E-state index < -0.39 is 11.9 Å². The molecule has 0 spiro atoms. The van der Waals surface area contributed by atoms with Gasteiger partial charge in [-0.25, -0.2) is 4.68 Å². The Balaban J connectivity index is 1.69. The van der Waals surface area contributed by atoms with Gasteiger partial charge in [-0.1, -0.05) is 0 Å². The van der Waals surface area contributed by atoms with Crippen molar-refractivity contribution in [2.75, 3.05) is 13.1 Å². The van der Waals surface area contributed by atoms with Gasteiger partial charge in [-0.3, -0.25) is 9.59 Å². The fourth-order valence-corrected chi connectivity index (χ4v) is 2.16. The molecule has 3 rings (SSSR count). The quantitative estimate of drug-likeness (QED) is 0.904. The molecule has 2 aromatic rings. The maximum absolute atomic E-state index is 12.1. The van der Waals surface area contributed by atoms with Gasteiger partial charge in [0.15, 0.2) is 0 Å². The molecule has 1 aliphatic heterocycles. The second-order valence-electron chi connectivity index (χ2n) is 4.74. The van der Waals surface area contributed by atoms with Gasteiger partial charge in [-0.2, -0.15) is 5.10 Å². The first-order valence-electron chi connectivity index (χ1n) is 6.27. The molecule has 1 saturated heterocycles. The third-order valence-corrected chi connectivity index (χ3v) is 3.40. The summed E-state index contributed by atoms with van der Waals surface area (Å²) in [7, 11) is 0. The molecule has 1 fully saturated rings. The minimum Gasteiger partial charge on any atom is -0.481 e. The molecule has 0 atom stereocenters. The number of rotatable bonds is 3. The monoisotopic (exact) mass is 271 g/mol. The van der Waals surface area contributed by atoms with Crippen LogP contribution in [0.5, 0.6) is 0 Å². The van der Waals surface area contributed by atoms with Crippen LogP contribution in [-0.4, -0.2) is 44.8 Å². The Morgan fingerprint density at radius 1 is 1.20 bits per heavy atom. The molecule has 0 unspecified atom stereocenters. The average molecular weight is 271 g/mol. The zero-order chi connectivity index (χ0) is 14.1. The average Bonchev–Trinajstić information content (AvgIpc) is 2.90. The first-order chi connectivity index (χ1) is 9.65. The summed E-state index contributed by atoms with van der Waals surface area (Å²) in [5, 5.41) is 12.9. The zero-order valence-electron chi connectivity index (χ0n) is 10.6. The summed E-state index contributed by atoms with van der Waals surface area (Å²) >= 11 is 0. The number of hydrogen-bond donors (Lipinski definition) is 1. The maximum Gasteiger partial charge on any atom is 0.310 e. The van der Waals surface area contributed by atoms with Crippen molar-refractivity contribution in [1.82, 2.24) is 14.7 Å². The predicted molar refractivity (Wildman–Crippen MR) is 70.6 cm³/mol. The van der Waals surface area contributed by atoms with Crippen molar-refractivity contribution < 1.29 is 14.7 Å². The van der Waals surface area contributed by atoms with Gasteiger partial charge in [0.1, 0.15) is 0 Å². The first-order valence-corrected chi connectivity index (χ1v) is 6.27. The van der Waals surface area contributed by atoms with Gasteiger partial charge in [0, 0.05) is 31.0 Å². The van der Waals surface area contributed by atoms with Gasteiger partial charge in [-0.05, 0) is 30.3 Å². The minimum absolute atomic E-state index is 0.130. The molecule has 0 radical (unpaired) electrons. The molecule has 1 N–H and O–H groups in total. The fourth-order valence-electron chi connectivity index (χ4n) is 2.16. The van der Waals surface area contributed by atoms with E-state index >= 15 is 0 Å². The lowest BCUT2D eigenvalue weighted by Crippen LogP contribution is -2.53. The summed E-state index contributed by atoms with van der Waals surface area (Å²) in [5.74, 6) is -1.40. The Kier molecular flexibility index (Phi) is 2.98. The number of carboxylic acid groups (broad SMARTS) is 1. The molecule has 0 bridgehead atoms. The van der Waals surface area contributed by atoms with Crippen LogP contribution >= 0.6 is 0 Å². The molecule has 102 valence electrons. The Morgan fingerprint density at radius 2 is 1.90 bits per heavy atom. The Bertz CT molecular complexity index is 628. The summed E-state index contributed by atoms with van der Waals surface area (Å²) < 4.78 is 1.71. The molecule has 0 saturated carbocycles. The van der Waals surface area contributed by atoms with E-state index in [0.29, 0.717) is 5.56 Å². The number of hydrogen-bond acceptors (Lipinski definition) is 3. The molecule has 1 amide bonds. The van der Waals surface area contributed by atoms with Crippen LogP contribution in [0.25, 0.3) is 5.69 Å². The van der Waals surface area contributed by atoms with Crippen LogP contribution in [-0.2, 0) is 4.79 Å². The van der Waals surface area contributed by atoms with Crippen molar-refractivity contribution in [1.29, 1.82) is 0 Å². The van der Waals surface area contributed by atoms with Gasteiger partial charge >= 0.3 is 5.97 Å². The highest BCUT2D eigenvalue weighted by Gasteiger charge is 2.35. The molecule has 6 nitrogen and oxygen atoms in total. The van der Waals surface area contributed by atoms with Gasteiger partial charge in [0.2, 0.25) is 0 Å². The van der Waals surface area contributed by atoms with Crippen LogP contribution in [0.1, 0.15) is 10.4 Å². The van der Waals surface area contributed by atoms with Crippen molar-refractivity contribution in [2.24, 2.45) is 5.92 Å². The number of carbonyl (C=O) groups excluding carboxylic acids is 1.